The SMILES string of the molecule is CC(C)(O)C(C)(C)OBc1ccc(-c2c(-c3ccccc3)c(-c3ccccc3)nc(-c3ccccc3)c2-c2ccccc2)cc1. The van der Waals surface area contributed by atoms with Gasteiger partial charge in [-0.25, -0.2) is 4.98 Å². The van der Waals surface area contributed by atoms with E-state index in [0.717, 1.165) is 61.4 Å². The maximum Gasteiger partial charge on any atom is 0.309 e. The highest BCUT2D eigenvalue weighted by molar-refractivity contribution is 6.47. The van der Waals surface area contributed by atoms with E-state index in [9.17, 15) is 5.11 Å². The second-order valence-corrected chi connectivity index (χ2v) is 12.5. The molecule has 0 aliphatic carbocycles. The van der Waals surface area contributed by atoms with Gasteiger partial charge in [0.25, 0.3) is 0 Å². The minimum atomic E-state index is -0.971. The monoisotopic (exact) mass is 587 g/mol. The van der Waals surface area contributed by atoms with Crippen LogP contribution in [0.4, 0.5) is 0 Å². The first-order valence-corrected chi connectivity index (χ1v) is 15.5. The topological polar surface area (TPSA) is 42.4 Å². The van der Waals surface area contributed by atoms with Crippen LogP contribution >= 0.6 is 0 Å². The predicted molar refractivity (Wildman–Crippen MR) is 190 cm³/mol. The Balaban J connectivity index is 1.64. The summed E-state index contributed by atoms with van der Waals surface area (Å²) in [5, 5.41) is 10.6. The van der Waals surface area contributed by atoms with Crippen LogP contribution < -0.4 is 5.46 Å². The molecule has 0 aliphatic heterocycles. The van der Waals surface area contributed by atoms with Gasteiger partial charge in [-0.05, 0) is 44.4 Å². The molecule has 0 saturated heterocycles. The Hall–Kier alpha value is -4.77. The third kappa shape index (κ3) is 6.39. The summed E-state index contributed by atoms with van der Waals surface area (Å²) in [6.45, 7) is 7.41. The molecular formula is C41H38BNO2. The van der Waals surface area contributed by atoms with Gasteiger partial charge in [-0.3, -0.25) is 0 Å². The molecule has 1 aromatic heterocycles. The summed E-state index contributed by atoms with van der Waals surface area (Å²) < 4.78 is 6.21. The fourth-order valence-electron chi connectivity index (χ4n) is 5.46. The van der Waals surface area contributed by atoms with Crippen LogP contribution in [0.1, 0.15) is 27.7 Å². The second-order valence-electron chi connectivity index (χ2n) is 12.5. The van der Waals surface area contributed by atoms with E-state index < -0.39 is 11.2 Å². The van der Waals surface area contributed by atoms with Crippen LogP contribution in [0, 0.1) is 0 Å². The Morgan fingerprint density at radius 3 is 1.20 bits per heavy atom. The van der Waals surface area contributed by atoms with Crippen LogP contribution in [0.5, 0.6) is 0 Å². The lowest BCUT2D eigenvalue weighted by atomic mass is 9.80. The van der Waals surface area contributed by atoms with E-state index in [4.69, 9.17) is 9.64 Å². The van der Waals surface area contributed by atoms with Crippen molar-refractivity contribution in [2.45, 2.75) is 38.9 Å². The Morgan fingerprint density at radius 1 is 0.467 bits per heavy atom. The van der Waals surface area contributed by atoms with Crippen molar-refractivity contribution < 1.29 is 9.76 Å². The van der Waals surface area contributed by atoms with Crippen molar-refractivity contribution in [1.29, 1.82) is 0 Å². The summed E-state index contributed by atoms with van der Waals surface area (Å²) in [5.41, 5.74) is 9.99. The van der Waals surface area contributed by atoms with Gasteiger partial charge >= 0.3 is 7.48 Å². The van der Waals surface area contributed by atoms with Gasteiger partial charge < -0.3 is 9.76 Å². The maximum absolute atomic E-state index is 10.6. The van der Waals surface area contributed by atoms with Crippen molar-refractivity contribution in [2.75, 3.05) is 0 Å². The van der Waals surface area contributed by atoms with Crippen LogP contribution in [-0.2, 0) is 4.65 Å². The van der Waals surface area contributed by atoms with Gasteiger partial charge in [-0.2, -0.15) is 0 Å². The third-order valence-electron chi connectivity index (χ3n) is 8.73. The van der Waals surface area contributed by atoms with Gasteiger partial charge in [-0.1, -0.05) is 151 Å². The summed E-state index contributed by atoms with van der Waals surface area (Å²) >= 11 is 0. The van der Waals surface area contributed by atoms with E-state index in [-0.39, 0.29) is 0 Å². The maximum atomic E-state index is 10.6. The summed E-state index contributed by atoms with van der Waals surface area (Å²) in [7, 11) is 0.398. The first-order chi connectivity index (χ1) is 21.7. The zero-order chi connectivity index (χ0) is 31.4. The molecule has 0 fully saturated rings. The molecule has 1 heterocycles. The van der Waals surface area contributed by atoms with Crippen molar-refractivity contribution in [1.82, 2.24) is 4.98 Å². The largest absolute Gasteiger partial charge is 0.427 e. The molecule has 0 spiro atoms. The lowest BCUT2D eigenvalue weighted by Crippen LogP contribution is -2.49. The standard InChI is InChI=1S/C41H38BNO2/c1-40(2,44)41(3,4)45-42-34-27-25-31(26-28-34)35-36(29-17-9-5-10-18-29)38(32-21-13-7-14-22-32)43-39(33-23-15-8-16-24-33)37(35)30-19-11-6-12-20-30/h5-28,42,44H,1-4H3. The molecular weight excluding hydrogens is 549 g/mol. The van der Waals surface area contributed by atoms with Crippen LogP contribution in [0.2, 0.25) is 0 Å². The highest BCUT2D eigenvalue weighted by atomic mass is 16.5. The number of aromatic nitrogens is 1. The van der Waals surface area contributed by atoms with E-state index >= 15 is 0 Å². The van der Waals surface area contributed by atoms with Crippen molar-refractivity contribution >= 4 is 12.9 Å². The second kappa shape index (κ2) is 12.7. The van der Waals surface area contributed by atoms with E-state index in [0.29, 0.717) is 7.48 Å². The summed E-state index contributed by atoms with van der Waals surface area (Å²) in [5.74, 6) is 0. The minimum absolute atomic E-state index is 0.398. The van der Waals surface area contributed by atoms with Crippen molar-refractivity contribution in [3.63, 3.8) is 0 Å². The lowest BCUT2D eigenvalue weighted by molar-refractivity contribution is -0.0893. The molecule has 0 saturated carbocycles. The molecule has 3 nitrogen and oxygen atoms in total. The van der Waals surface area contributed by atoms with Crippen LogP contribution in [0.3, 0.4) is 0 Å². The zero-order valence-corrected chi connectivity index (χ0v) is 26.4. The van der Waals surface area contributed by atoms with E-state index in [1.54, 1.807) is 13.8 Å². The first-order valence-electron chi connectivity index (χ1n) is 15.5. The number of pyridine rings is 1. The Bertz CT molecular complexity index is 1760. The number of hydrogen-bond acceptors (Lipinski definition) is 3. The Kier molecular flexibility index (Phi) is 8.53. The molecule has 0 bridgehead atoms. The molecule has 5 aromatic carbocycles. The molecule has 1 N–H and O–H groups in total. The van der Waals surface area contributed by atoms with Crippen molar-refractivity contribution in [2.24, 2.45) is 0 Å². The van der Waals surface area contributed by atoms with Gasteiger partial charge in [0.05, 0.1) is 22.6 Å². The zero-order valence-electron chi connectivity index (χ0n) is 26.4. The number of rotatable bonds is 9. The Morgan fingerprint density at radius 2 is 0.822 bits per heavy atom. The van der Waals surface area contributed by atoms with E-state index in [2.05, 4.69) is 133 Å². The molecule has 0 aliphatic rings. The van der Waals surface area contributed by atoms with E-state index in [1.807, 2.05) is 26.0 Å². The molecule has 0 unspecified atom stereocenters. The van der Waals surface area contributed by atoms with Crippen LogP contribution in [0.15, 0.2) is 146 Å². The molecule has 6 aromatic rings. The third-order valence-corrected chi connectivity index (χ3v) is 8.73. The van der Waals surface area contributed by atoms with Crippen molar-refractivity contribution in [3.05, 3.63) is 146 Å². The van der Waals surface area contributed by atoms with Gasteiger partial charge in [0, 0.05) is 27.8 Å². The normalized spacial score (nSPS) is 11.8. The summed E-state index contributed by atoms with van der Waals surface area (Å²) in [4.78, 5) is 5.51. The molecule has 0 atom stereocenters. The average molecular weight is 588 g/mol. The molecule has 0 amide bonds. The molecule has 6 rings (SSSR count). The van der Waals surface area contributed by atoms with E-state index in [1.165, 1.54) is 0 Å². The highest BCUT2D eigenvalue weighted by Crippen LogP contribution is 2.48. The minimum Gasteiger partial charge on any atom is -0.427 e. The van der Waals surface area contributed by atoms with Crippen molar-refractivity contribution in [3.8, 4) is 55.9 Å². The number of nitrogens with zero attached hydrogens (tertiary/aromatic N) is 1. The number of benzene rings is 5. The van der Waals surface area contributed by atoms with Gasteiger partial charge in [0.2, 0.25) is 0 Å². The quantitative estimate of drug-likeness (QED) is 0.172. The summed E-state index contributed by atoms with van der Waals surface area (Å²) in [6.07, 6.45) is 0. The highest BCUT2D eigenvalue weighted by Gasteiger charge is 2.35. The lowest BCUT2D eigenvalue weighted by Gasteiger charge is -2.37. The molecule has 4 heteroatoms. The fraction of sp³-hybridized carbons (Fsp3) is 0.146. The van der Waals surface area contributed by atoms with Gasteiger partial charge in [0.15, 0.2) is 0 Å². The van der Waals surface area contributed by atoms with Gasteiger partial charge in [0.1, 0.15) is 0 Å². The van der Waals surface area contributed by atoms with Gasteiger partial charge in [-0.15, -0.1) is 0 Å². The fourth-order valence-corrected chi connectivity index (χ4v) is 5.46. The smallest absolute Gasteiger partial charge is 0.309 e. The molecule has 222 valence electrons. The van der Waals surface area contributed by atoms with Crippen LogP contribution in [0.25, 0.3) is 55.9 Å². The molecule has 0 radical (unpaired) electrons. The average Bonchev–Trinajstić information content (AvgIpc) is 3.08. The Labute approximate surface area is 267 Å². The number of hydrogen-bond donors (Lipinski definition) is 1. The summed E-state index contributed by atoms with van der Waals surface area (Å²) in [6, 6.07) is 50.7. The molecule has 45 heavy (non-hydrogen) atoms. The predicted octanol–water partition coefficient (Wildman–Crippen LogP) is 8.96. The van der Waals surface area contributed by atoms with Crippen LogP contribution in [-0.4, -0.2) is 28.8 Å². The number of aliphatic hydroxyl groups is 1. The first kappa shape index (κ1) is 30.3.